The molecule has 0 bridgehead atoms. The molecule has 0 aromatic carbocycles. The van der Waals surface area contributed by atoms with Gasteiger partial charge in [-0.2, -0.15) is 0 Å². The lowest BCUT2D eigenvalue weighted by Crippen LogP contribution is -2.20. The highest BCUT2D eigenvalue weighted by Gasteiger charge is 2.33. The molecule has 1 aliphatic rings. The Kier molecular flexibility index (Phi) is 2.66. The van der Waals surface area contributed by atoms with E-state index in [4.69, 9.17) is 5.11 Å². The molecule has 2 heteroatoms. The molecule has 1 fully saturated rings. The number of carbonyl (C=O) groups is 1. The van der Waals surface area contributed by atoms with E-state index in [1.54, 1.807) is 0 Å². The standard InChI is InChI=1S/C9H16O2/c1-6(5-10)8-3-4-9(11)7(8)2/h6-8,10H,3-5H2,1-2H3/t6-,7-,8-/m0/s1. The molecule has 2 nitrogen and oxygen atoms in total. The molecule has 0 saturated heterocycles. The van der Waals surface area contributed by atoms with Crippen LogP contribution in [-0.2, 0) is 4.79 Å². The topological polar surface area (TPSA) is 37.3 Å². The van der Waals surface area contributed by atoms with E-state index >= 15 is 0 Å². The summed E-state index contributed by atoms with van der Waals surface area (Å²) in [6.07, 6.45) is 1.69. The quantitative estimate of drug-likeness (QED) is 0.653. The fourth-order valence-electron chi connectivity index (χ4n) is 1.94. The normalized spacial score (nSPS) is 34.3. The average molecular weight is 156 g/mol. The van der Waals surface area contributed by atoms with Crippen molar-refractivity contribution in [2.75, 3.05) is 6.61 Å². The van der Waals surface area contributed by atoms with Crippen LogP contribution in [0.4, 0.5) is 0 Å². The molecule has 1 rings (SSSR count). The molecule has 0 aromatic rings. The number of hydrogen-bond donors (Lipinski definition) is 1. The van der Waals surface area contributed by atoms with Crippen molar-refractivity contribution >= 4 is 5.78 Å². The molecule has 0 heterocycles. The number of aliphatic hydroxyl groups excluding tert-OH is 1. The molecule has 0 amide bonds. The maximum absolute atomic E-state index is 11.1. The van der Waals surface area contributed by atoms with Crippen LogP contribution in [0.3, 0.4) is 0 Å². The van der Waals surface area contributed by atoms with Gasteiger partial charge in [-0.25, -0.2) is 0 Å². The summed E-state index contributed by atoms with van der Waals surface area (Å²) in [5, 5.41) is 8.89. The maximum atomic E-state index is 11.1. The van der Waals surface area contributed by atoms with Gasteiger partial charge in [0.1, 0.15) is 5.78 Å². The monoisotopic (exact) mass is 156 g/mol. The number of Topliss-reactive ketones (excluding diaryl/α,β-unsaturated/α-hetero) is 1. The second kappa shape index (κ2) is 3.35. The first kappa shape index (κ1) is 8.72. The third kappa shape index (κ3) is 1.62. The SMILES string of the molecule is C[C@@H]1C(=O)CC[C@H]1[C@@H](C)CO. The number of hydrogen-bond acceptors (Lipinski definition) is 2. The van der Waals surface area contributed by atoms with Gasteiger partial charge in [-0.05, 0) is 18.3 Å². The molecule has 0 unspecified atom stereocenters. The van der Waals surface area contributed by atoms with Crippen LogP contribution in [0.25, 0.3) is 0 Å². The first-order valence-electron chi connectivity index (χ1n) is 4.30. The van der Waals surface area contributed by atoms with E-state index in [1.807, 2.05) is 13.8 Å². The van der Waals surface area contributed by atoms with Crippen LogP contribution in [-0.4, -0.2) is 17.5 Å². The molecule has 1 aliphatic carbocycles. The highest BCUT2D eigenvalue weighted by atomic mass is 16.3. The van der Waals surface area contributed by atoms with E-state index in [-0.39, 0.29) is 18.4 Å². The lowest BCUT2D eigenvalue weighted by atomic mass is 9.86. The van der Waals surface area contributed by atoms with E-state index in [2.05, 4.69) is 0 Å². The Bertz CT molecular complexity index is 154. The predicted octanol–water partition coefficient (Wildman–Crippen LogP) is 1.23. The van der Waals surface area contributed by atoms with Gasteiger partial charge in [0.25, 0.3) is 0 Å². The van der Waals surface area contributed by atoms with Crippen LogP contribution < -0.4 is 0 Å². The van der Waals surface area contributed by atoms with Gasteiger partial charge in [-0.15, -0.1) is 0 Å². The Labute approximate surface area is 67.6 Å². The Morgan fingerprint density at radius 2 is 2.36 bits per heavy atom. The molecule has 11 heavy (non-hydrogen) atoms. The van der Waals surface area contributed by atoms with E-state index in [1.165, 1.54) is 0 Å². The summed E-state index contributed by atoms with van der Waals surface area (Å²) in [5.41, 5.74) is 0. The van der Waals surface area contributed by atoms with Crippen molar-refractivity contribution < 1.29 is 9.90 Å². The molecule has 0 aliphatic heterocycles. The van der Waals surface area contributed by atoms with Gasteiger partial charge in [0.05, 0.1) is 0 Å². The van der Waals surface area contributed by atoms with Crippen molar-refractivity contribution in [3.05, 3.63) is 0 Å². The average Bonchev–Trinajstić information content (AvgIpc) is 2.32. The van der Waals surface area contributed by atoms with Crippen LogP contribution in [0, 0.1) is 17.8 Å². The predicted molar refractivity (Wildman–Crippen MR) is 43.1 cm³/mol. The second-order valence-electron chi connectivity index (χ2n) is 3.62. The Balaban J connectivity index is 2.54. The summed E-state index contributed by atoms with van der Waals surface area (Å²) in [5.74, 6) is 1.26. The first-order valence-corrected chi connectivity index (χ1v) is 4.30. The summed E-state index contributed by atoms with van der Waals surface area (Å²) >= 11 is 0. The van der Waals surface area contributed by atoms with Crippen molar-refractivity contribution in [3.63, 3.8) is 0 Å². The van der Waals surface area contributed by atoms with E-state index in [9.17, 15) is 4.79 Å². The Morgan fingerprint density at radius 3 is 2.73 bits per heavy atom. The van der Waals surface area contributed by atoms with Gasteiger partial charge in [0.2, 0.25) is 0 Å². The summed E-state index contributed by atoms with van der Waals surface area (Å²) < 4.78 is 0. The van der Waals surface area contributed by atoms with Gasteiger partial charge in [0.15, 0.2) is 0 Å². The van der Waals surface area contributed by atoms with Crippen molar-refractivity contribution in [3.8, 4) is 0 Å². The number of rotatable bonds is 2. The lowest BCUT2D eigenvalue weighted by Gasteiger charge is -2.19. The van der Waals surface area contributed by atoms with Gasteiger partial charge >= 0.3 is 0 Å². The van der Waals surface area contributed by atoms with E-state index in [0.717, 1.165) is 12.8 Å². The van der Waals surface area contributed by atoms with Gasteiger partial charge in [0, 0.05) is 18.9 Å². The largest absolute Gasteiger partial charge is 0.396 e. The molecule has 0 radical (unpaired) electrons. The molecule has 0 aromatic heterocycles. The van der Waals surface area contributed by atoms with Crippen LogP contribution in [0.15, 0.2) is 0 Å². The zero-order valence-corrected chi connectivity index (χ0v) is 7.21. The third-order valence-electron chi connectivity index (χ3n) is 2.89. The number of ketones is 1. The number of carbonyl (C=O) groups excluding carboxylic acids is 1. The number of aliphatic hydroxyl groups is 1. The van der Waals surface area contributed by atoms with Gasteiger partial charge < -0.3 is 5.11 Å². The molecule has 1 saturated carbocycles. The minimum Gasteiger partial charge on any atom is -0.396 e. The Hall–Kier alpha value is -0.370. The van der Waals surface area contributed by atoms with E-state index < -0.39 is 0 Å². The minimum atomic E-state index is 0.178. The van der Waals surface area contributed by atoms with Crippen LogP contribution >= 0.6 is 0 Å². The molecule has 64 valence electrons. The van der Waals surface area contributed by atoms with E-state index in [0.29, 0.717) is 11.7 Å². The molecule has 0 spiro atoms. The molecule has 1 N–H and O–H groups in total. The van der Waals surface area contributed by atoms with Crippen molar-refractivity contribution in [1.82, 2.24) is 0 Å². The van der Waals surface area contributed by atoms with Crippen molar-refractivity contribution in [2.24, 2.45) is 17.8 Å². The van der Waals surface area contributed by atoms with Crippen LogP contribution in [0.2, 0.25) is 0 Å². The van der Waals surface area contributed by atoms with Crippen molar-refractivity contribution in [1.29, 1.82) is 0 Å². The zero-order valence-electron chi connectivity index (χ0n) is 7.21. The van der Waals surface area contributed by atoms with Crippen LogP contribution in [0.5, 0.6) is 0 Å². The summed E-state index contributed by atoms with van der Waals surface area (Å²) in [6, 6.07) is 0. The molecule has 3 atom stereocenters. The smallest absolute Gasteiger partial charge is 0.135 e. The first-order chi connectivity index (χ1) is 5.16. The molecular weight excluding hydrogens is 140 g/mol. The third-order valence-corrected chi connectivity index (χ3v) is 2.89. The van der Waals surface area contributed by atoms with Gasteiger partial charge in [-0.1, -0.05) is 13.8 Å². The highest BCUT2D eigenvalue weighted by molar-refractivity contribution is 5.83. The zero-order chi connectivity index (χ0) is 8.43. The maximum Gasteiger partial charge on any atom is 0.135 e. The summed E-state index contributed by atoms with van der Waals surface area (Å²) in [7, 11) is 0. The fourth-order valence-corrected chi connectivity index (χ4v) is 1.94. The Morgan fingerprint density at radius 1 is 1.73 bits per heavy atom. The second-order valence-corrected chi connectivity index (χ2v) is 3.62. The molecular formula is C9H16O2. The van der Waals surface area contributed by atoms with Crippen LogP contribution in [0.1, 0.15) is 26.7 Å². The summed E-state index contributed by atoms with van der Waals surface area (Å²) in [6.45, 7) is 4.20. The highest BCUT2D eigenvalue weighted by Crippen LogP contribution is 2.33. The van der Waals surface area contributed by atoms with Crippen molar-refractivity contribution in [2.45, 2.75) is 26.7 Å². The minimum absolute atomic E-state index is 0.178. The fraction of sp³-hybridized carbons (Fsp3) is 0.889. The lowest BCUT2D eigenvalue weighted by molar-refractivity contribution is -0.121. The van der Waals surface area contributed by atoms with Gasteiger partial charge in [-0.3, -0.25) is 4.79 Å². The summed E-state index contributed by atoms with van der Waals surface area (Å²) in [4.78, 5) is 11.1.